The summed E-state index contributed by atoms with van der Waals surface area (Å²) in [7, 11) is 0. The fraction of sp³-hybridized carbons (Fsp3) is 0.714. The molecule has 0 saturated carbocycles. The third-order valence-electron chi connectivity index (χ3n) is 2.25. The van der Waals surface area contributed by atoms with E-state index in [1.807, 2.05) is 4.68 Å². The van der Waals surface area contributed by atoms with Crippen LogP contribution in [0.25, 0.3) is 0 Å². The van der Waals surface area contributed by atoms with Crippen LogP contribution in [0.5, 0.6) is 0 Å². The van der Waals surface area contributed by atoms with Crippen LogP contribution in [0.2, 0.25) is 5.28 Å². The smallest absolute Gasteiger partial charge is 0.242 e. The minimum absolute atomic E-state index is 0.338. The minimum Gasteiger partial charge on any atom is -0.330 e. The van der Waals surface area contributed by atoms with E-state index in [-0.39, 0.29) is 0 Å². The van der Waals surface area contributed by atoms with E-state index in [0.29, 0.717) is 17.7 Å². The Kier molecular flexibility index (Phi) is 2.02. The van der Waals surface area contributed by atoms with Crippen molar-refractivity contribution in [3.63, 3.8) is 0 Å². The SMILES string of the molecule is NCC1CCCn2nc(Cl)nc21. The Balaban J connectivity index is 2.36. The number of nitrogens with two attached hydrogens (primary N) is 1. The molecular weight excluding hydrogens is 176 g/mol. The molecule has 2 N–H and O–H groups in total. The van der Waals surface area contributed by atoms with Crippen LogP contribution in [0.15, 0.2) is 0 Å². The Hall–Kier alpha value is -0.610. The van der Waals surface area contributed by atoms with E-state index in [2.05, 4.69) is 10.1 Å². The van der Waals surface area contributed by atoms with Gasteiger partial charge in [0.2, 0.25) is 5.28 Å². The van der Waals surface area contributed by atoms with Gasteiger partial charge in [-0.15, -0.1) is 5.10 Å². The number of aromatic nitrogens is 3. The Morgan fingerprint density at radius 1 is 1.67 bits per heavy atom. The topological polar surface area (TPSA) is 56.7 Å². The van der Waals surface area contributed by atoms with Crippen LogP contribution < -0.4 is 5.73 Å². The summed E-state index contributed by atoms with van der Waals surface area (Å²) in [5, 5.41) is 4.40. The van der Waals surface area contributed by atoms with Crippen molar-refractivity contribution < 1.29 is 0 Å². The lowest BCUT2D eigenvalue weighted by Crippen LogP contribution is -2.22. The standard InChI is InChI=1S/C7H11ClN4/c8-7-10-6-5(4-9)2-1-3-12(6)11-7/h5H,1-4,9H2. The fourth-order valence-corrected chi connectivity index (χ4v) is 1.81. The molecule has 66 valence electrons. The first-order chi connectivity index (χ1) is 5.81. The van der Waals surface area contributed by atoms with E-state index < -0.39 is 0 Å². The zero-order valence-corrected chi connectivity index (χ0v) is 7.46. The highest BCUT2D eigenvalue weighted by atomic mass is 35.5. The van der Waals surface area contributed by atoms with Gasteiger partial charge in [-0.05, 0) is 24.4 Å². The molecule has 1 aliphatic rings. The average molecular weight is 187 g/mol. The van der Waals surface area contributed by atoms with Crippen molar-refractivity contribution in [2.45, 2.75) is 25.3 Å². The van der Waals surface area contributed by atoms with Gasteiger partial charge in [-0.25, -0.2) is 9.67 Å². The van der Waals surface area contributed by atoms with Crippen molar-refractivity contribution in [2.75, 3.05) is 6.54 Å². The second kappa shape index (κ2) is 3.03. The van der Waals surface area contributed by atoms with Crippen molar-refractivity contribution in [1.29, 1.82) is 0 Å². The Labute approximate surface area is 75.7 Å². The molecule has 0 saturated heterocycles. The van der Waals surface area contributed by atoms with Crippen LogP contribution in [0, 0.1) is 0 Å². The molecule has 0 fully saturated rings. The number of fused-ring (bicyclic) bond motifs is 1. The molecular formula is C7H11ClN4. The maximum Gasteiger partial charge on any atom is 0.242 e. The summed E-state index contributed by atoms with van der Waals surface area (Å²) in [5.74, 6) is 1.30. The fourth-order valence-electron chi connectivity index (χ4n) is 1.63. The van der Waals surface area contributed by atoms with Gasteiger partial charge in [0.15, 0.2) is 0 Å². The predicted octanol–water partition coefficient (Wildman–Crippen LogP) is 0.768. The van der Waals surface area contributed by atoms with Gasteiger partial charge < -0.3 is 5.73 Å². The summed E-state index contributed by atoms with van der Waals surface area (Å²) >= 11 is 5.69. The lowest BCUT2D eigenvalue weighted by Gasteiger charge is -2.19. The van der Waals surface area contributed by atoms with E-state index in [1.165, 1.54) is 0 Å². The summed E-state index contributed by atoms with van der Waals surface area (Å²) < 4.78 is 1.86. The Bertz CT molecular complexity index is 283. The maximum absolute atomic E-state index is 5.69. The highest BCUT2D eigenvalue weighted by Gasteiger charge is 2.22. The lowest BCUT2D eigenvalue weighted by molar-refractivity contribution is 0.419. The second-order valence-corrected chi connectivity index (χ2v) is 3.38. The molecule has 1 aromatic rings. The first-order valence-electron chi connectivity index (χ1n) is 4.11. The van der Waals surface area contributed by atoms with Crippen LogP contribution in [-0.2, 0) is 6.54 Å². The molecule has 0 spiro atoms. The van der Waals surface area contributed by atoms with Gasteiger partial charge in [-0.3, -0.25) is 0 Å². The van der Waals surface area contributed by atoms with Gasteiger partial charge in [0.1, 0.15) is 5.82 Å². The maximum atomic E-state index is 5.69. The molecule has 2 heterocycles. The molecule has 0 aromatic carbocycles. The number of aryl methyl sites for hydroxylation is 1. The zero-order chi connectivity index (χ0) is 8.55. The van der Waals surface area contributed by atoms with E-state index in [9.17, 15) is 0 Å². The van der Waals surface area contributed by atoms with Crippen molar-refractivity contribution >= 4 is 11.6 Å². The van der Waals surface area contributed by atoms with Crippen LogP contribution in [0.1, 0.15) is 24.6 Å². The number of rotatable bonds is 1. The molecule has 2 rings (SSSR count). The molecule has 1 aromatic heterocycles. The van der Waals surface area contributed by atoms with E-state index >= 15 is 0 Å². The number of halogens is 1. The van der Waals surface area contributed by atoms with E-state index in [4.69, 9.17) is 17.3 Å². The highest BCUT2D eigenvalue weighted by molar-refractivity contribution is 6.28. The van der Waals surface area contributed by atoms with E-state index in [0.717, 1.165) is 25.2 Å². The van der Waals surface area contributed by atoms with Crippen LogP contribution in [0.3, 0.4) is 0 Å². The van der Waals surface area contributed by atoms with Crippen LogP contribution >= 0.6 is 11.6 Å². The molecule has 0 radical (unpaired) electrons. The van der Waals surface area contributed by atoms with Crippen LogP contribution in [-0.4, -0.2) is 21.3 Å². The predicted molar refractivity (Wildman–Crippen MR) is 46.1 cm³/mol. The summed E-state index contributed by atoms with van der Waals surface area (Å²) in [5.41, 5.74) is 5.60. The minimum atomic E-state index is 0.338. The number of nitrogens with zero attached hydrogens (tertiary/aromatic N) is 3. The third kappa shape index (κ3) is 1.21. The summed E-state index contributed by atoms with van der Waals surface area (Å²) in [4.78, 5) is 4.14. The van der Waals surface area contributed by atoms with Gasteiger partial charge in [0.05, 0.1) is 0 Å². The second-order valence-electron chi connectivity index (χ2n) is 3.04. The van der Waals surface area contributed by atoms with Gasteiger partial charge in [-0.2, -0.15) is 0 Å². The lowest BCUT2D eigenvalue weighted by atomic mass is 10.00. The quantitative estimate of drug-likeness (QED) is 0.705. The van der Waals surface area contributed by atoms with Gasteiger partial charge >= 0.3 is 0 Å². The molecule has 0 aliphatic carbocycles. The Morgan fingerprint density at radius 2 is 2.50 bits per heavy atom. The monoisotopic (exact) mass is 186 g/mol. The van der Waals surface area contributed by atoms with Crippen molar-refractivity contribution in [3.8, 4) is 0 Å². The number of hydrogen-bond donors (Lipinski definition) is 1. The molecule has 0 amide bonds. The molecule has 4 nitrogen and oxygen atoms in total. The largest absolute Gasteiger partial charge is 0.330 e. The Morgan fingerprint density at radius 3 is 3.25 bits per heavy atom. The highest BCUT2D eigenvalue weighted by Crippen LogP contribution is 2.24. The van der Waals surface area contributed by atoms with Crippen LogP contribution in [0.4, 0.5) is 0 Å². The van der Waals surface area contributed by atoms with E-state index in [1.54, 1.807) is 0 Å². The first kappa shape index (κ1) is 8.01. The summed E-state index contributed by atoms with van der Waals surface area (Å²) in [6.45, 7) is 1.56. The van der Waals surface area contributed by atoms with Crippen molar-refractivity contribution in [2.24, 2.45) is 5.73 Å². The average Bonchev–Trinajstić information content (AvgIpc) is 2.44. The molecule has 1 atom stereocenters. The van der Waals surface area contributed by atoms with Gasteiger partial charge in [-0.1, -0.05) is 0 Å². The third-order valence-corrected chi connectivity index (χ3v) is 2.41. The first-order valence-corrected chi connectivity index (χ1v) is 4.49. The molecule has 0 bridgehead atoms. The van der Waals surface area contributed by atoms with Crippen molar-refractivity contribution in [1.82, 2.24) is 14.8 Å². The van der Waals surface area contributed by atoms with Gasteiger partial charge in [0.25, 0.3) is 0 Å². The molecule has 5 heteroatoms. The molecule has 1 unspecified atom stereocenters. The van der Waals surface area contributed by atoms with Gasteiger partial charge in [0, 0.05) is 19.0 Å². The molecule has 12 heavy (non-hydrogen) atoms. The normalized spacial score (nSPS) is 22.3. The molecule has 1 aliphatic heterocycles. The zero-order valence-electron chi connectivity index (χ0n) is 6.70. The number of hydrogen-bond acceptors (Lipinski definition) is 3. The summed E-state index contributed by atoms with van der Waals surface area (Å²) in [6, 6.07) is 0. The summed E-state index contributed by atoms with van der Waals surface area (Å²) in [6.07, 6.45) is 2.22. The van der Waals surface area contributed by atoms with Crippen molar-refractivity contribution in [3.05, 3.63) is 11.1 Å².